The molecule has 0 N–H and O–H groups in total. The maximum absolute atomic E-state index is 5.96. The molecule has 0 bridgehead atoms. The molecule has 0 spiro atoms. The van der Waals surface area contributed by atoms with Gasteiger partial charge in [-0.15, -0.1) is 5.54 Å². The van der Waals surface area contributed by atoms with Crippen LogP contribution in [0.4, 0.5) is 0 Å². The highest BCUT2D eigenvalue weighted by molar-refractivity contribution is 6.83. The standard InChI is InChI=1S/C14H15ClN2Si/c1-18(2,3)8-7-12-10-16-17(11-12)14-6-4-5-13(15)9-14/h4-6,9-11H,1-3H3. The van der Waals surface area contributed by atoms with Gasteiger partial charge in [-0.2, -0.15) is 5.10 Å². The van der Waals surface area contributed by atoms with Crippen LogP contribution in [0.3, 0.4) is 0 Å². The number of halogens is 1. The van der Waals surface area contributed by atoms with Crippen molar-refractivity contribution in [1.82, 2.24) is 9.78 Å². The first-order valence-electron chi connectivity index (χ1n) is 5.78. The van der Waals surface area contributed by atoms with Gasteiger partial charge in [0.1, 0.15) is 8.07 Å². The zero-order valence-electron chi connectivity index (χ0n) is 10.7. The third kappa shape index (κ3) is 3.49. The van der Waals surface area contributed by atoms with Gasteiger partial charge in [0.15, 0.2) is 0 Å². The van der Waals surface area contributed by atoms with E-state index >= 15 is 0 Å². The fraction of sp³-hybridized carbons (Fsp3) is 0.214. The van der Waals surface area contributed by atoms with E-state index in [1.807, 2.05) is 30.5 Å². The number of benzene rings is 1. The summed E-state index contributed by atoms with van der Waals surface area (Å²) in [5.41, 5.74) is 5.21. The van der Waals surface area contributed by atoms with Gasteiger partial charge in [-0.1, -0.05) is 43.2 Å². The Labute approximate surface area is 114 Å². The molecule has 0 radical (unpaired) electrons. The van der Waals surface area contributed by atoms with Gasteiger partial charge in [-0.05, 0) is 18.2 Å². The van der Waals surface area contributed by atoms with Crippen molar-refractivity contribution in [3.63, 3.8) is 0 Å². The molecule has 0 aliphatic heterocycles. The number of hydrogen-bond acceptors (Lipinski definition) is 1. The van der Waals surface area contributed by atoms with E-state index in [-0.39, 0.29) is 0 Å². The van der Waals surface area contributed by atoms with Crippen molar-refractivity contribution in [2.75, 3.05) is 0 Å². The molecule has 1 aromatic heterocycles. The van der Waals surface area contributed by atoms with Crippen LogP contribution < -0.4 is 0 Å². The largest absolute Gasteiger partial charge is 0.240 e. The second-order valence-electron chi connectivity index (χ2n) is 5.15. The van der Waals surface area contributed by atoms with E-state index in [0.29, 0.717) is 5.02 Å². The summed E-state index contributed by atoms with van der Waals surface area (Å²) in [6, 6.07) is 7.60. The molecule has 0 fully saturated rings. The molecular weight excluding hydrogens is 260 g/mol. The fourth-order valence-corrected chi connectivity index (χ4v) is 2.11. The van der Waals surface area contributed by atoms with Crippen molar-refractivity contribution >= 4 is 19.7 Å². The normalized spacial score (nSPS) is 10.9. The van der Waals surface area contributed by atoms with Gasteiger partial charge in [0.05, 0.1) is 17.4 Å². The molecule has 18 heavy (non-hydrogen) atoms. The molecule has 2 aromatic rings. The van der Waals surface area contributed by atoms with Crippen LogP contribution in [-0.4, -0.2) is 17.9 Å². The van der Waals surface area contributed by atoms with Gasteiger partial charge < -0.3 is 0 Å². The van der Waals surface area contributed by atoms with Crippen molar-refractivity contribution in [3.8, 4) is 17.2 Å². The minimum absolute atomic E-state index is 0.706. The van der Waals surface area contributed by atoms with Crippen molar-refractivity contribution < 1.29 is 0 Å². The van der Waals surface area contributed by atoms with Crippen LogP contribution in [0, 0.1) is 11.5 Å². The van der Waals surface area contributed by atoms with Gasteiger partial charge in [0, 0.05) is 11.2 Å². The summed E-state index contributed by atoms with van der Waals surface area (Å²) in [7, 11) is -1.34. The second-order valence-corrected chi connectivity index (χ2v) is 10.3. The molecule has 0 atom stereocenters. The summed E-state index contributed by atoms with van der Waals surface area (Å²) < 4.78 is 1.79. The number of rotatable bonds is 1. The first-order chi connectivity index (χ1) is 8.44. The second kappa shape index (κ2) is 5.01. The average molecular weight is 275 g/mol. The van der Waals surface area contributed by atoms with Gasteiger partial charge in [0.2, 0.25) is 0 Å². The van der Waals surface area contributed by atoms with E-state index in [2.05, 4.69) is 36.2 Å². The Morgan fingerprint density at radius 1 is 1.28 bits per heavy atom. The molecule has 0 aliphatic rings. The lowest BCUT2D eigenvalue weighted by molar-refractivity contribution is 0.880. The van der Waals surface area contributed by atoms with Crippen molar-refractivity contribution in [3.05, 3.63) is 47.2 Å². The van der Waals surface area contributed by atoms with Crippen molar-refractivity contribution in [1.29, 1.82) is 0 Å². The fourth-order valence-electron chi connectivity index (χ4n) is 1.41. The van der Waals surface area contributed by atoms with Gasteiger partial charge in [-0.3, -0.25) is 0 Å². The van der Waals surface area contributed by atoms with Crippen molar-refractivity contribution in [2.45, 2.75) is 19.6 Å². The molecule has 1 aromatic carbocycles. The van der Waals surface area contributed by atoms with E-state index in [1.165, 1.54) is 0 Å². The summed E-state index contributed by atoms with van der Waals surface area (Å²) in [6.07, 6.45) is 3.72. The highest BCUT2D eigenvalue weighted by atomic mass is 35.5. The zero-order valence-corrected chi connectivity index (χ0v) is 12.5. The molecule has 0 saturated heterocycles. The Balaban J connectivity index is 2.28. The quantitative estimate of drug-likeness (QED) is 0.572. The number of nitrogens with zero attached hydrogens (tertiary/aromatic N) is 2. The van der Waals surface area contributed by atoms with Crippen LogP contribution in [0.25, 0.3) is 5.69 Å². The van der Waals surface area contributed by atoms with E-state index in [4.69, 9.17) is 11.6 Å². The average Bonchev–Trinajstić information content (AvgIpc) is 2.74. The summed E-state index contributed by atoms with van der Waals surface area (Å²) in [4.78, 5) is 0. The molecule has 0 saturated carbocycles. The van der Waals surface area contributed by atoms with E-state index in [0.717, 1.165) is 11.3 Å². The lowest BCUT2D eigenvalue weighted by Gasteiger charge is -2.02. The molecule has 92 valence electrons. The summed E-state index contributed by atoms with van der Waals surface area (Å²) in [6.45, 7) is 6.67. The highest BCUT2D eigenvalue weighted by Gasteiger charge is 2.07. The Morgan fingerprint density at radius 2 is 2.06 bits per heavy atom. The topological polar surface area (TPSA) is 17.8 Å². The van der Waals surface area contributed by atoms with Crippen LogP contribution in [0.15, 0.2) is 36.7 Å². The SMILES string of the molecule is C[Si](C)(C)C#Cc1cnn(-c2cccc(Cl)c2)c1. The summed E-state index contributed by atoms with van der Waals surface area (Å²) in [5.74, 6) is 3.18. The van der Waals surface area contributed by atoms with Crippen LogP contribution in [0.1, 0.15) is 5.56 Å². The molecule has 0 amide bonds. The van der Waals surface area contributed by atoms with E-state index in [1.54, 1.807) is 10.9 Å². The number of hydrogen-bond donors (Lipinski definition) is 0. The Bertz CT molecular complexity index is 614. The van der Waals surface area contributed by atoms with Crippen LogP contribution in [0.2, 0.25) is 24.7 Å². The highest BCUT2D eigenvalue weighted by Crippen LogP contribution is 2.14. The Kier molecular flexibility index (Phi) is 3.60. The smallest absolute Gasteiger partial charge is 0.129 e. The lowest BCUT2D eigenvalue weighted by atomic mass is 10.3. The Morgan fingerprint density at radius 3 is 2.72 bits per heavy atom. The molecule has 2 nitrogen and oxygen atoms in total. The van der Waals surface area contributed by atoms with Crippen LogP contribution in [0.5, 0.6) is 0 Å². The molecule has 1 heterocycles. The van der Waals surface area contributed by atoms with Gasteiger partial charge in [0.25, 0.3) is 0 Å². The molecular formula is C14H15ClN2Si. The molecule has 0 aliphatic carbocycles. The van der Waals surface area contributed by atoms with E-state index in [9.17, 15) is 0 Å². The number of aromatic nitrogens is 2. The van der Waals surface area contributed by atoms with Crippen LogP contribution >= 0.6 is 11.6 Å². The first-order valence-corrected chi connectivity index (χ1v) is 9.66. The monoisotopic (exact) mass is 274 g/mol. The van der Waals surface area contributed by atoms with E-state index < -0.39 is 8.07 Å². The Hall–Kier alpha value is -1.50. The summed E-state index contributed by atoms with van der Waals surface area (Å²) in [5, 5.41) is 5.01. The maximum Gasteiger partial charge on any atom is 0.129 e. The van der Waals surface area contributed by atoms with Gasteiger partial charge >= 0.3 is 0 Å². The predicted molar refractivity (Wildman–Crippen MR) is 78.8 cm³/mol. The maximum atomic E-state index is 5.96. The third-order valence-electron chi connectivity index (χ3n) is 2.24. The van der Waals surface area contributed by atoms with Crippen LogP contribution in [-0.2, 0) is 0 Å². The zero-order chi connectivity index (χ0) is 13.2. The minimum atomic E-state index is -1.34. The minimum Gasteiger partial charge on any atom is -0.240 e. The lowest BCUT2D eigenvalue weighted by Crippen LogP contribution is -2.16. The summed E-state index contributed by atoms with van der Waals surface area (Å²) >= 11 is 5.96. The van der Waals surface area contributed by atoms with Crippen molar-refractivity contribution in [2.24, 2.45) is 0 Å². The third-order valence-corrected chi connectivity index (χ3v) is 3.35. The molecule has 2 rings (SSSR count). The molecule has 0 unspecified atom stereocenters. The predicted octanol–water partition coefficient (Wildman–Crippen LogP) is 3.75. The molecule has 4 heteroatoms. The first kappa shape index (κ1) is 12.9. The van der Waals surface area contributed by atoms with Gasteiger partial charge in [-0.25, -0.2) is 4.68 Å².